The first-order valence-electron chi connectivity index (χ1n) is 11.6. The van der Waals surface area contributed by atoms with Gasteiger partial charge in [-0.05, 0) is 69.5 Å². The van der Waals surface area contributed by atoms with E-state index in [2.05, 4.69) is 27.1 Å². The summed E-state index contributed by atoms with van der Waals surface area (Å²) in [4.78, 5) is 34.4. The van der Waals surface area contributed by atoms with Gasteiger partial charge < -0.3 is 10.1 Å². The summed E-state index contributed by atoms with van der Waals surface area (Å²) >= 11 is 0. The van der Waals surface area contributed by atoms with E-state index in [4.69, 9.17) is 4.74 Å². The van der Waals surface area contributed by atoms with E-state index in [1.807, 2.05) is 30.3 Å². The molecule has 2 heterocycles. The Morgan fingerprint density at radius 1 is 1.00 bits per heavy atom. The Bertz CT molecular complexity index is 1360. The normalized spacial score (nSPS) is 12.1. The number of ether oxygens (including phenoxy) is 1. The van der Waals surface area contributed by atoms with Gasteiger partial charge in [-0.25, -0.2) is 9.78 Å². The van der Waals surface area contributed by atoms with Gasteiger partial charge in [-0.3, -0.25) is 14.7 Å². The van der Waals surface area contributed by atoms with Gasteiger partial charge in [-0.15, -0.1) is 0 Å². The number of nitrogens with zero attached hydrogens (tertiary/aromatic N) is 3. The molecule has 0 spiro atoms. The van der Waals surface area contributed by atoms with Crippen LogP contribution in [-0.4, -0.2) is 45.6 Å². The second-order valence-corrected chi connectivity index (χ2v) is 9.43. The molecule has 3 rings (SSSR count). The molecule has 0 saturated heterocycles. The number of alkyl halides is 3. The van der Waals surface area contributed by atoms with Crippen molar-refractivity contribution in [3.63, 3.8) is 0 Å². The van der Waals surface area contributed by atoms with Crippen molar-refractivity contribution in [1.82, 2.24) is 14.9 Å². The minimum absolute atomic E-state index is 0.106. The molecule has 1 unspecified atom stereocenters. The summed E-state index contributed by atoms with van der Waals surface area (Å²) in [5.74, 6) is 5.45. The molecule has 1 N–H and O–H groups in total. The third-order valence-electron chi connectivity index (χ3n) is 5.21. The lowest BCUT2D eigenvalue weighted by Crippen LogP contribution is -2.45. The number of hydrogen-bond acceptors (Lipinski definition) is 5. The van der Waals surface area contributed by atoms with E-state index in [1.165, 1.54) is 26.1 Å². The summed E-state index contributed by atoms with van der Waals surface area (Å²) in [6, 6.07) is 13.5. The average Bonchev–Trinajstić information content (AvgIpc) is 2.85. The van der Waals surface area contributed by atoms with Gasteiger partial charge in [-0.2, -0.15) is 13.2 Å². The van der Waals surface area contributed by atoms with Crippen LogP contribution in [0.15, 0.2) is 60.8 Å². The van der Waals surface area contributed by atoms with Gasteiger partial charge in [0.05, 0.1) is 0 Å². The molecule has 0 fully saturated rings. The average molecular weight is 525 g/mol. The number of rotatable bonds is 4. The molecule has 0 aliphatic carbocycles. The molecule has 0 radical (unpaired) electrons. The van der Waals surface area contributed by atoms with Crippen LogP contribution in [0.1, 0.15) is 44.6 Å². The van der Waals surface area contributed by atoms with Gasteiger partial charge in [-0.1, -0.05) is 30.2 Å². The van der Waals surface area contributed by atoms with E-state index in [-0.39, 0.29) is 11.5 Å². The number of likely N-dealkylation sites (N-methyl/N-ethyl adjacent to an activating group) is 1. The number of amides is 2. The summed E-state index contributed by atoms with van der Waals surface area (Å²) in [6.07, 6.45) is -4.15. The van der Waals surface area contributed by atoms with Crippen LogP contribution in [0.4, 0.5) is 23.8 Å². The summed E-state index contributed by atoms with van der Waals surface area (Å²) in [5.41, 5.74) is 0.0646. The molecule has 3 aromatic rings. The van der Waals surface area contributed by atoms with Crippen molar-refractivity contribution in [3.8, 4) is 23.0 Å². The van der Waals surface area contributed by atoms with Gasteiger partial charge in [0.15, 0.2) is 0 Å². The number of carbonyl (C=O) groups excluding carboxylic acids is 2. The topological polar surface area (TPSA) is 84.4 Å². The van der Waals surface area contributed by atoms with E-state index in [1.54, 1.807) is 26.8 Å². The number of pyridine rings is 2. The van der Waals surface area contributed by atoms with Gasteiger partial charge >= 0.3 is 12.3 Å². The lowest BCUT2D eigenvalue weighted by molar-refractivity contribution is -0.141. The maximum absolute atomic E-state index is 13.0. The van der Waals surface area contributed by atoms with Crippen LogP contribution >= 0.6 is 0 Å². The van der Waals surface area contributed by atoms with Crippen LogP contribution in [-0.2, 0) is 15.7 Å². The summed E-state index contributed by atoms with van der Waals surface area (Å²) in [7, 11) is 1.44. The van der Waals surface area contributed by atoms with Gasteiger partial charge in [0.25, 0.3) is 0 Å². The van der Waals surface area contributed by atoms with E-state index >= 15 is 0 Å². The quantitative estimate of drug-likeness (QED) is 0.439. The van der Waals surface area contributed by atoms with Gasteiger partial charge in [0, 0.05) is 24.4 Å². The van der Waals surface area contributed by atoms with E-state index < -0.39 is 35.5 Å². The number of benzene rings is 1. The standard InChI is InChI=1S/C28H27F3N4O3/c1-18(35(5)26(37)38-27(2,3)4)25(36)34-24-16-21(20-12-14-23(32-17-20)28(29,30)31)15-22(33-24)13-11-19-9-7-6-8-10-19/h6-10,12,14-18H,1-5H3,(H,33,34,36). The zero-order valence-electron chi connectivity index (χ0n) is 21.6. The fourth-order valence-electron chi connectivity index (χ4n) is 3.11. The third kappa shape index (κ3) is 7.80. The van der Waals surface area contributed by atoms with Crippen molar-refractivity contribution in [3.05, 3.63) is 77.7 Å². The first kappa shape index (κ1) is 28.2. The highest BCUT2D eigenvalue weighted by atomic mass is 19.4. The molecule has 0 aliphatic rings. The van der Waals surface area contributed by atoms with Crippen LogP contribution in [0, 0.1) is 11.8 Å². The summed E-state index contributed by atoms with van der Waals surface area (Å²) in [5, 5.41) is 2.66. The molecule has 2 amide bonds. The molecule has 2 aromatic heterocycles. The second-order valence-electron chi connectivity index (χ2n) is 9.43. The Labute approximate surface area is 219 Å². The highest BCUT2D eigenvalue weighted by Gasteiger charge is 2.32. The Hall–Kier alpha value is -4.39. The predicted octanol–water partition coefficient (Wildman–Crippen LogP) is 5.76. The molecule has 1 aromatic carbocycles. The summed E-state index contributed by atoms with van der Waals surface area (Å²) in [6.45, 7) is 6.67. The van der Waals surface area contributed by atoms with Crippen molar-refractivity contribution in [2.24, 2.45) is 0 Å². The Kier molecular flexibility index (Phi) is 8.41. The van der Waals surface area contributed by atoms with Crippen LogP contribution < -0.4 is 5.32 Å². The van der Waals surface area contributed by atoms with Crippen molar-refractivity contribution in [2.45, 2.75) is 45.5 Å². The van der Waals surface area contributed by atoms with Crippen molar-refractivity contribution >= 4 is 17.8 Å². The Balaban J connectivity index is 1.93. The molecular formula is C28H27F3N4O3. The number of carbonyl (C=O) groups is 2. The van der Waals surface area contributed by atoms with E-state index in [0.717, 1.165) is 22.7 Å². The summed E-state index contributed by atoms with van der Waals surface area (Å²) < 4.78 is 44.2. The van der Waals surface area contributed by atoms with Crippen LogP contribution in [0.3, 0.4) is 0 Å². The van der Waals surface area contributed by atoms with Crippen LogP contribution in [0.25, 0.3) is 11.1 Å². The lowest BCUT2D eigenvalue weighted by atomic mass is 10.1. The molecule has 1 atom stereocenters. The maximum atomic E-state index is 13.0. The number of nitrogens with one attached hydrogen (secondary N) is 1. The molecule has 10 heteroatoms. The largest absolute Gasteiger partial charge is 0.444 e. The molecular weight excluding hydrogens is 497 g/mol. The molecule has 0 aliphatic heterocycles. The smallest absolute Gasteiger partial charge is 0.433 e. The fraction of sp³-hybridized carbons (Fsp3) is 0.286. The molecule has 7 nitrogen and oxygen atoms in total. The Morgan fingerprint density at radius 2 is 1.68 bits per heavy atom. The molecule has 198 valence electrons. The van der Waals surface area contributed by atoms with Crippen molar-refractivity contribution < 1.29 is 27.5 Å². The lowest BCUT2D eigenvalue weighted by Gasteiger charge is -2.28. The van der Waals surface area contributed by atoms with Crippen molar-refractivity contribution in [2.75, 3.05) is 12.4 Å². The number of aromatic nitrogens is 2. The zero-order valence-corrected chi connectivity index (χ0v) is 21.6. The minimum Gasteiger partial charge on any atom is -0.444 e. The molecule has 0 saturated carbocycles. The number of anilines is 1. The zero-order chi connectivity index (χ0) is 28.1. The third-order valence-corrected chi connectivity index (χ3v) is 5.21. The van der Waals surface area contributed by atoms with E-state index in [9.17, 15) is 22.8 Å². The van der Waals surface area contributed by atoms with Crippen LogP contribution in [0.5, 0.6) is 0 Å². The minimum atomic E-state index is -4.57. The van der Waals surface area contributed by atoms with Gasteiger partial charge in [0.1, 0.15) is 28.8 Å². The molecule has 0 bridgehead atoms. The monoisotopic (exact) mass is 524 g/mol. The maximum Gasteiger partial charge on any atom is 0.433 e. The first-order valence-corrected chi connectivity index (χ1v) is 11.6. The fourth-order valence-corrected chi connectivity index (χ4v) is 3.11. The predicted molar refractivity (Wildman–Crippen MR) is 137 cm³/mol. The second kappa shape index (κ2) is 11.3. The first-order chi connectivity index (χ1) is 17.7. The number of hydrogen-bond donors (Lipinski definition) is 1. The SMILES string of the molecule is CC(C(=O)Nc1cc(-c2ccc(C(F)(F)F)nc2)cc(C#Cc2ccccc2)n1)N(C)C(=O)OC(C)(C)C. The Morgan fingerprint density at radius 3 is 2.26 bits per heavy atom. The number of halogens is 3. The van der Waals surface area contributed by atoms with Crippen LogP contribution in [0.2, 0.25) is 0 Å². The van der Waals surface area contributed by atoms with Gasteiger partial charge in [0.2, 0.25) is 5.91 Å². The van der Waals surface area contributed by atoms with E-state index in [0.29, 0.717) is 11.1 Å². The van der Waals surface area contributed by atoms with Crippen molar-refractivity contribution in [1.29, 1.82) is 0 Å². The highest BCUT2D eigenvalue weighted by molar-refractivity contribution is 5.96. The molecule has 38 heavy (non-hydrogen) atoms. The highest BCUT2D eigenvalue weighted by Crippen LogP contribution is 2.29.